The van der Waals surface area contributed by atoms with E-state index >= 15 is 0 Å². The molecule has 2 rings (SSSR count). The Balaban J connectivity index is 0.00000112. The number of carbonyl (C=O) groups excluding carboxylic acids is 1. The Bertz CT molecular complexity index is 225. The molecule has 2 heterocycles. The lowest BCUT2D eigenvalue weighted by atomic mass is 10.0. The van der Waals surface area contributed by atoms with Crippen molar-refractivity contribution >= 4 is 18.3 Å². The van der Waals surface area contributed by atoms with Crippen molar-refractivity contribution in [1.82, 2.24) is 4.90 Å². The molecule has 0 saturated carbocycles. The van der Waals surface area contributed by atoms with Gasteiger partial charge in [0.05, 0.1) is 12.7 Å². The molecule has 0 spiro atoms. The summed E-state index contributed by atoms with van der Waals surface area (Å²) in [5, 5.41) is 9.05. The highest BCUT2D eigenvalue weighted by Gasteiger charge is 2.35. The van der Waals surface area contributed by atoms with Crippen LogP contribution in [0, 0.1) is 0 Å². The number of rotatable bonds is 1. The third-order valence-corrected chi connectivity index (χ3v) is 2.76. The molecule has 0 aromatic carbocycles. The first kappa shape index (κ1) is 12.7. The summed E-state index contributed by atoms with van der Waals surface area (Å²) < 4.78 is 5.35. The van der Waals surface area contributed by atoms with Gasteiger partial charge in [-0.05, 0) is 12.8 Å². The molecule has 5 nitrogen and oxygen atoms in total. The standard InChI is InChI=1S/C9H16N2O3.ClH/c10-6-1-2-8(14-5-6)9(13)11-3-7(12)4-11;/h6-8,12H,1-5,10H2;1H/t6-,8+;/m1./s1. The fraction of sp³-hybridized carbons (Fsp3) is 0.889. The minimum absolute atomic E-state index is 0. The molecule has 3 N–H and O–H groups in total. The van der Waals surface area contributed by atoms with Crippen LogP contribution >= 0.6 is 12.4 Å². The fourth-order valence-corrected chi connectivity index (χ4v) is 1.81. The quantitative estimate of drug-likeness (QED) is 0.620. The summed E-state index contributed by atoms with van der Waals surface area (Å²) in [4.78, 5) is 13.3. The van der Waals surface area contributed by atoms with Crippen molar-refractivity contribution in [3.05, 3.63) is 0 Å². The lowest BCUT2D eigenvalue weighted by Crippen LogP contribution is -2.57. The monoisotopic (exact) mass is 236 g/mol. The molecule has 1 amide bonds. The summed E-state index contributed by atoms with van der Waals surface area (Å²) in [6.07, 6.45) is 0.867. The van der Waals surface area contributed by atoms with E-state index in [1.165, 1.54) is 0 Å². The van der Waals surface area contributed by atoms with Crippen LogP contribution in [0.15, 0.2) is 0 Å². The van der Waals surface area contributed by atoms with Gasteiger partial charge in [-0.2, -0.15) is 0 Å². The fourth-order valence-electron chi connectivity index (χ4n) is 1.81. The van der Waals surface area contributed by atoms with Crippen LogP contribution in [0.2, 0.25) is 0 Å². The van der Waals surface area contributed by atoms with Crippen molar-refractivity contribution in [1.29, 1.82) is 0 Å². The highest BCUT2D eigenvalue weighted by atomic mass is 35.5. The van der Waals surface area contributed by atoms with Gasteiger partial charge in [0, 0.05) is 19.1 Å². The van der Waals surface area contributed by atoms with E-state index in [-0.39, 0.29) is 36.6 Å². The number of hydrogen-bond donors (Lipinski definition) is 2. The topological polar surface area (TPSA) is 75.8 Å². The second kappa shape index (κ2) is 5.12. The van der Waals surface area contributed by atoms with Gasteiger partial charge in [-0.15, -0.1) is 12.4 Å². The number of amides is 1. The van der Waals surface area contributed by atoms with Crippen LogP contribution in [0.4, 0.5) is 0 Å². The van der Waals surface area contributed by atoms with Crippen molar-refractivity contribution in [2.75, 3.05) is 19.7 Å². The average Bonchev–Trinajstić information content (AvgIpc) is 2.13. The van der Waals surface area contributed by atoms with E-state index in [4.69, 9.17) is 15.6 Å². The zero-order valence-electron chi connectivity index (χ0n) is 8.46. The number of aliphatic hydroxyl groups is 1. The Kier molecular flexibility index (Phi) is 4.33. The van der Waals surface area contributed by atoms with Crippen LogP contribution in [0.5, 0.6) is 0 Å². The Morgan fingerprint density at radius 2 is 2.07 bits per heavy atom. The minimum Gasteiger partial charge on any atom is -0.389 e. The van der Waals surface area contributed by atoms with Gasteiger partial charge in [-0.1, -0.05) is 0 Å². The first-order chi connectivity index (χ1) is 6.66. The summed E-state index contributed by atoms with van der Waals surface area (Å²) in [7, 11) is 0. The molecule has 6 heteroatoms. The number of ether oxygens (including phenoxy) is 1. The van der Waals surface area contributed by atoms with Crippen LogP contribution < -0.4 is 5.73 Å². The zero-order valence-corrected chi connectivity index (χ0v) is 9.28. The second-order valence-corrected chi connectivity index (χ2v) is 4.06. The van der Waals surface area contributed by atoms with Crippen LogP contribution in [0.1, 0.15) is 12.8 Å². The molecule has 0 bridgehead atoms. The lowest BCUT2D eigenvalue weighted by molar-refractivity contribution is -0.157. The summed E-state index contributed by atoms with van der Waals surface area (Å²) >= 11 is 0. The van der Waals surface area contributed by atoms with E-state index in [1.807, 2.05) is 0 Å². The number of nitrogens with zero attached hydrogens (tertiary/aromatic N) is 1. The summed E-state index contributed by atoms with van der Waals surface area (Å²) in [6, 6.07) is 0.0704. The number of carbonyl (C=O) groups is 1. The van der Waals surface area contributed by atoms with Crippen LogP contribution in [0.25, 0.3) is 0 Å². The minimum atomic E-state index is -0.343. The predicted octanol–water partition coefficient (Wildman–Crippen LogP) is -0.882. The number of likely N-dealkylation sites (tertiary alicyclic amines) is 1. The van der Waals surface area contributed by atoms with E-state index in [2.05, 4.69) is 0 Å². The molecule has 2 aliphatic heterocycles. The molecule has 0 unspecified atom stereocenters. The van der Waals surface area contributed by atoms with Gasteiger partial charge in [0.15, 0.2) is 0 Å². The molecule has 2 aliphatic rings. The molecular weight excluding hydrogens is 220 g/mol. The summed E-state index contributed by atoms with van der Waals surface area (Å²) in [5.41, 5.74) is 5.65. The molecule has 2 saturated heterocycles. The maximum atomic E-state index is 11.7. The van der Waals surface area contributed by atoms with E-state index in [1.54, 1.807) is 4.90 Å². The molecule has 0 aromatic heterocycles. The van der Waals surface area contributed by atoms with Crippen molar-refractivity contribution in [2.45, 2.75) is 31.1 Å². The first-order valence-corrected chi connectivity index (χ1v) is 5.01. The van der Waals surface area contributed by atoms with Gasteiger partial charge in [0.2, 0.25) is 0 Å². The molecule has 2 fully saturated rings. The summed E-state index contributed by atoms with van der Waals surface area (Å²) in [5.74, 6) is 0.00204. The van der Waals surface area contributed by atoms with Gasteiger partial charge in [0.1, 0.15) is 6.10 Å². The van der Waals surface area contributed by atoms with Crippen molar-refractivity contribution < 1.29 is 14.6 Å². The maximum absolute atomic E-state index is 11.7. The number of halogens is 1. The molecule has 0 aromatic rings. The Labute approximate surface area is 95.0 Å². The van der Waals surface area contributed by atoms with Gasteiger partial charge in [0.25, 0.3) is 5.91 Å². The molecule has 88 valence electrons. The second-order valence-electron chi connectivity index (χ2n) is 4.06. The first-order valence-electron chi connectivity index (χ1n) is 5.01. The van der Waals surface area contributed by atoms with Crippen LogP contribution in [-0.2, 0) is 9.53 Å². The smallest absolute Gasteiger partial charge is 0.251 e. The van der Waals surface area contributed by atoms with Crippen molar-refractivity contribution in [3.63, 3.8) is 0 Å². The van der Waals surface area contributed by atoms with E-state index in [0.29, 0.717) is 26.1 Å². The normalized spacial score (nSPS) is 31.7. The van der Waals surface area contributed by atoms with E-state index in [0.717, 1.165) is 6.42 Å². The predicted molar refractivity (Wildman–Crippen MR) is 56.8 cm³/mol. The highest BCUT2D eigenvalue weighted by Crippen LogP contribution is 2.17. The van der Waals surface area contributed by atoms with Gasteiger partial charge >= 0.3 is 0 Å². The SMILES string of the molecule is Cl.N[C@@H]1CC[C@@H](C(=O)N2CC(O)C2)OC1. The lowest BCUT2D eigenvalue weighted by Gasteiger charge is -2.39. The third kappa shape index (κ3) is 2.81. The third-order valence-electron chi connectivity index (χ3n) is 2.76. The van der Waals surface area contributed by atoms with Crippen LogP contribution in [-0.4, -0.2) is 53.9 Å². The number of β-amino-alcohol motifs (C(OH)–C–C–N with tert-alkyl or cyclic N) is 1. The number of aliphatic hydroxyl groups excluding tert-OH is 1. The molecule has 15 heavy (non-hydrogen) atoms. The zero-order chi connectivity index (χ0) is 10.1. The molecule has 2 atom stereocenters. The van der Waals surface area contributed by atoms with Crippen molar-refractivity contribution in [2.24, 2.45) is 5.73 Å². The Morgan fingerprint density at radius 1 is 1.40 bits per heavy atom. The van der Waals surface area contributed by atoms with Gasteiger partial charge in [-0.25, -0.2) is 0 Å². The van der Waals surface area contributed by atoms with Crippen molar-refractivity contribution in [3.8, 4) is 0 Å². The van der Waals surface area contributed by atoms with E-state index < -0.39 is 0 Å². The Morgan fingerprint density at radius 3 is 2.53 bits per heavy atom. The Hall–Kier alpha value is -0.360. The molecule has 0 radical (unpaired) electrons. The molecular formula is C9H17ClN2O3. The molecule has 0 aliphatic carbocycles. The highest BCUT2D eigenvalue weighted by molar-refractivity contribution is 5.85. The van der Waals surface area contributed by atoms with Gasteiger partial charge in [-0.3, -0.25) is 4.79 Å². The van der Waals surface area contributed by atoms with Gasteiger partial charge < -0.3 is 20.5 Å². The average molecular weight is 237 g/mol. The maximum Gasteiger partial charge on any atom is 0.251 e. The summed E-state index contributed by atoms with van der Waals surface area (Å²) in [6.45, 7) is 1.36. The van der Waals surface area contributed by atoms with E-state index in [9.17, 15) is 4.79 Å². The largest absolute Gasteiger partial charge is 0.389 e. The number of nitrogens with two attached hydrogens (primary N) is 1. The number of hydrogen-bond acceptors (Lipinski definition) is 4. The van der Waals surface area contributed by atoms with Crippen LogP contribution in [0.3, 0.4) is 0 Å².